The molecule has 2 aliphatic rings. The van der Waals surface area contributed by atoms with Gasteiger partial charge in [0.15, 0.2) is 10.8 Å². The Hall–Kier alpha value is -2.31. The van der Waals surface area contributed by atoms with Crippen molar-refractivity contribution >= 4 is 64.1 Å². The van der Waals surface area contributed by atoms with Gasteiger partial charge in [-0.3, -0.25) is 14.5 Å². The van der Waals surface area contributed by atoms with Crippen molar-refractivity contribution in [2.75, 3.05) is 18.6 Å². The highest BCUT2D eigenvalue weighted by molar-refractivity contribution is 8.00. The highest BCUT2D eigenvalue weighted by atomic mass is 35.5. The third-order valence-corrected chi connectivity index (χ3v) is 5.91. The van der Waals surface area contributed by atoms with E-state index in [1.165, 1.54) is 23.8 Å². The van der Waals surface area contributed by atoms with E-state index < -0.39 is 29.2 Å². The topological polar surface area (TPSA) is 147 Å². The highest BCUT2D eigenvalue weighted by Gasteiger charge is 2.54. The third-order valence-electron chi connectivity index (χ3n) is 3.81. The standard InChI is InChI=1S/C14H15N5O5S2.ClH/c1-5-3-25-12-8(11(21)19(12)9(5)13(22)23)17-10(20)7(18-24-2)6-4-26-14(15)16-6;/h4,8,12H,3H2,1-2H3,(H2,15,16)(H,17,20)(H,22,23);1H/t8?,12-;/m1./s1. The van der Waals surface area contributed by atoms with Gasteiger partial charge in [0.2, 0.25) is 0 Å². The molecule has 0 saturated carbocycles. The predicted octanol–water partition coefficient (Wildman–Crippen LogP) is 0.256. The van der Waals surface area contributed by atoms with Crippen molar-refractivity contribution in [1.82, 2.24) is 15.2 Å². The first-order chi connectivity index (χ1) is 12.3. The molecule has 2 atom stereocenters. The lowest BCUT2D eigenvalue weighted by molar-refractivity contribution is -0.150. The molecule has 0 spiro atoms. The van der Waals surface area contributed by atoms with Crippen molar-refractivity contribution in [3.8, 4) is 0 Å². The maximum Gasteiger partial charge on any atom is 0.352 e. The van der Waals surface area contributed by atoms with E-state index in [0.717, 1.165) is 11.3 Å². The van der Waals surface area contributed by atoms with E-state index in [2.05, 4.69) is 20.3 Å². The summed E-state index contributed by atoms with van der Waals surface area (Å²) in [6, 6.07) is -0.854. The van der Waals surface area contributed by atoms with Crippen molar-refractivity contribution in [2.24, 2.45) is 5.16 Å². The van der Waals surface area contributed by atoms with Crippen LogP contribution in [-0.2, 0) is 19.2 Å². The van der Waals surface area contributed by atoms with Gasteiger partial charge in [0.05, 0.1) is 0 Å². The molecule has 0 aliphatic carbocycles. The number of thiazole rings is 1. The third kappa shape index (κ3) is 3.73. The number of hydrogen-bond donors (Lipinski definition) is 3. The molecule has 4 N–H and O–H groups in total. The van der Waals surface area contributed by atoms with E-state index >= 15 is 0 Å². The van der Waals surface area contributed by atoms with Crippen LogP contribution >= 0.6 is 35.5 Å². The number of β-lactam (4-membered cyclic amide) rings is 1. The van der Waals surface area contributed by atoms with Gasteiger partial charge in [-0.15, -0.1) is 35.5 Å². The zero-order chi connectivity index (χ0) is 19.0. The average molecular weight is 434 g/mol. The second kappa shape index (κ2) is 8.15. The number of halogens is 1. The number of aromatic nitrogens is 1. The Bertz CT molecular complexity index is 855. The number of anilines is 1. The zero-order valence-corrected chi connectivity index (χ0v) is 16.6. The predicted molar refractivity (Wildman–Crippen MR) is 103 cm³/mol. The van der Waals surface area contributed by atoms with Crippen LogP contribution in [0, 0.1) is 0 Å². The van der Waals surface area contributed by atoms with Gasteiger partial charge >= 0.3 is 5.97 Å². The molecule has 13 heteroatoms. The van der Waals surface area contributed by atoms with Gasteiger partial charge < -0.3 is 21.0 Å². The molecule has 27 heavy (non-hydrogen) atoms. The van der Waals surface area contributed by atoms with Gasteiger partial charge in [-0.2, -0.15) is 0 Å². The number of oxime groups is 1. The molecule has 1 fully saturated rings. The van der Waals surface area contributed by atoms with Crippen molar-refractivity contribution in [2.45, 2.75) is 18.3 Å². The number of aliphatic carboxylic acids is 1. The summed E-state index contributed by atoms with van der Waals surface area (Å²) in [5.74, 6) is -1.84. The molecule has 0 radical (unpaired) electrons. The molecular formula is C14H16ClN5O5S2. The summed E-state index contributed by atoms with van der Waals surface area (Å²) in [5, 5.41) is 16.9. The van der Waals surface area contributed by atoms with Gasteiger partial charge in [-0.1, -0.05) is 5.16 Å². The molecule has 1 aromatic heterocycles. The summed E-state index contributed by atoms with van der Waals surface area (Å²) in [4.78, 5) is 46.2. The van der Waals surface area contributed by atoms with E-state index in [1.54, 1.807) is 12.3 Å². The molecule has 1 unspecified atom stereocenters. The molecular weight excluding hydrogens is 418 g/mol. The van der Waals surface area contributed by atoms with Crippen molar-refractivity contribution < 1.29 is 24.3 Å². The molecule has 3 rings (SSSR count). The number of carboxylic acids is 1. The minimum atomic E-state index is -1.16. The van der Waals surface area contributed by atoms with E-state index in [9.17, 15) is 19.5 Å². The molecule has 146 valence electrons. The second-order valence-corrected chi connectivity index (χ2v) is 7.48. The Morgan fingerprint density at radius 3 is 2.78 bits per heavy atom. The zero-order valence-electron chi connectivity index (χ0n) is 14.2. The average Bonchev–Trinajstić information content (AvgIpc) is 3.02. The van der Waals surface area contributed by atoms with Crippen molar-refractivity contribution in [3.63, 3.8) is 0 Å². The fraction of sp³-hybridized carbons (Fsp3) is 0.357. The van der Waals surface area contributed by atoms with Crippen molar-refractivity contribution in [1.29, 1.82) is 0 Å². The number of nitrogens with two attached hydrogens (primary N) is 1. The fourth-order valence-electron chi connectivity index (χ4n) is 2.68. The Morgan fingerprint density at radius 2 is 2.22 bits per heavy atom. The highest BCUT2D eigenvalue weighted by Crippen LogP contribution is 2.40. The summed E-state index contributed by atoms with van der Waals surface area (Å²) in [6.45, 7) is 1.67. The van der Waals surface area contributed by atoms with Crippen LogP contribution in [-0.4, -0.2) is 62.8 Å². The van der Waals surface area contributed by atoms with Crippen LogP contribution in [0.4, 0.5) is 5.13 Å². The molecule has 3 heterocycles. The lowest BCUT2D eigenvalue weighted by atomic mass is 10.0. The van der Waals surface area contributed by atoms with Crippen LogP contribution in [0.1, 0.15) is 12.6 Å². The number of nitrogen functional groups attached to an aromatic ring is 1. The largest absolute Gasteiger partial charge is 0.477 e. The van der Waals surface area contributed by atoms with E-state index in [1.807, 2.05) is 0 Å². The number of rotatable bonds is 5. The van der Waals surface area contributed by atoms with E-state index in [4.69, 9.17) is 5.73 Å². The summed E-state index contributed by atoms with van der Waals surface area (Å²) < 4.78 is 0. The Morgan fingerprint density at radius 1 is 1.52 bits per heavy atom. The minimum absolute atomic E-state index is 0. The summed E-state index contributed by atoms with van der Waals surface area (Å²) in [5.41, 5.74) is 6.27. The molecule has 0 bridgehead atoms. The fourth-order valence-corrected chi connectivity index (χ4v) is 4.52. The number of amides is 2. The second-order valence-electron chi connectivity index (χ2n) is 5.49. The molecule has 2 amide bonds. The minimum Gasteiger partial charge on any atom is -0.477 e. The number of carboxylic acid groups (broad SMARTS) is 1. The van der Waals surface area contributed by atoms with Crippen LogP contribution in [0.15, 0.2) is 21.8 Å². The monoisotopic (exact) mass is 433 g/mol. The van der Waals surface area contributed by atoms with E-state index in [-0.39, 0.29) is 34.6 Å². The molecule has 0 aromatic carbocycles. The first kappa shape index (κ1) is 21.0. The van der Waals surface area contributed by atoms with Crippen molar-refractivity contribution in [3.05, 3.63) is 22.3 Å². The first-order valence-corrected chi connectivity index (χ1v) is 9.29. The maximum atomic E-state index is 12.5. The molecule has 1 saturated heterocycles. The van der Waals surface area contributed by atoms with Crippen LogP contribution < -0.4 is 11.1 Å². The quantitative estimate of drug-likeness (QED) is 0.340. The number of nitrogens with zero attached hydrogens (tertiary/aromatic N) is 3. The summed E-state index contributed by atoms with van der Waals surface area (Å²) >= 11 is 2.52. The van der Waals surface area contributed by atoms with Gasteiger partial charge in [-0.05, 0) is 12.5 Å². The molecule has 2 aliphatic heterocycles. The summed E-state index contributed by atoms with van der Waals surface area (Å²) in [6.07, 6.45) is 0. The molecule has 10 nitrogen and oxygen atoms in total. The van der Waals surface area contributed by atoms with Gasteiger partial charge in [0.1, 0.15) is 29.9 Å². The Labute approximate surface area is 168 Å². The van der Waals surface area contributed by atoms with E-state index in [0.29, 0.717) is 11.3 Å². The van der Waals surface area contributed by atoms with Gasteiger partial charge in [-0.25, -0.2) is 9.78 Å². The van der Waals surface area contributed by atoms with Gasteiger partial charge in [0.25, 0.3) is 11.8 Å². The smallest absolute Gasteiger partial charge is 0.352 e. The molecule has 1 aromatic rings. The number of thioether (sulfide) groups is 1. The van der Waals surface area contributed by atoms with Gasteiger partial charge in [0, 0.05) is 11.1 Å². The SMILES string of the molecule is CON=C(C(=O)NC1C(=O)N2C(C(=O)O)=C(C)CS[C@H]12)c1csc(N)n1.Cl. The normalized spacial score (nSPS) is 21.8. The lowest BCUT2D eigenvalue weighted by Crippen LogP contribution is -2.71. The maximum absolute atomic E-state index is 12.5. The number of nitrogens with one attached hydrogen (secondary N) is 1. The van der Waals surface area contributed by atoms with Crippen LogP contribution in [0.2, 0.25) is 0 Å². The summed E-state index contributed by atoms with van der Waals surface area (Å²) in [7, 11) is 1.28. The number of fused-ring (bicyclic) bond motifs is 1. The first-order valence-electron chi connectivity index (χ1n) is 7.36. The van der Waals surface area contributed by atoms with Crippen LogP contribution in [0.3, 0.4) is 0 Å². The Balaban J connectivity index is 0.00000261. The van der Waals surface area contributed by atoms with Crippen LogP contribution in [0.25, 0.3) is 0 Å². The van der Waals surface area contributed by atoms with Crippen LogP contribution in [0.5, 0.6) is 0 Å². The number of hydrogen-bond acceptors (Lipinski definition) is 9. The number of carbonyl (C=O) groups excluding carboxylic acids is 2. The Kier molecular flexibility index (Phi) is 6.34. The number of carbonyl (C=O) groups is 3. The lowest BCUT2D eigenvalue weighted by Gasteiger charge is -2.49.